The molecule has 0 saturated heterocycles. The van der Waals surface area contributed by atoms with Crippen LogP contribution in [0.5, 0.6) is 11.5 Å². The molecular weight excluding hydrogens is 326 g/mol. The van der Waals surface area contributed by atoms with E-state index in [0.29, 0.717) is 16.4 Å². The molecule has 0 atom stereocenters. The van der Waals surface area contributed by atoms with Gasteiger partial charge in [-0.3, -0.25) is 0 Å². The van der Waals surface area contributed by atoms with Gasteiger partial charge in [-0.1, -0.05) is 12.1 Å². The lowest BCUT2D eigenvalue weighted by Gasteiger charge is -2.16. The molecule has 0 radical (unpaired) electrons. The summed E-state index contributed by atoms with van der Waals surface area (Å²) in [4.78, 5) is 0.376. The van der Waals surface area contributed by atoms with Crippen LogP contribution in [0.4, 0.5) is 0 Å². The fourth-order valence-electron chi connectivity index (χ4n) is 2.89. The molecule has 6 heteroatoms. The van der Waals surface area contributed by atoms with E-state index in [4.69, 9.17) is 9.47 Å². The number of rotatable bonds is 4. The minimum Gasteiger partial charge on any atom is -0.454 e. The Balaban J connectivity index is 1.87. The fourth-order valence-corrected chi connectivity index (χ4v) is 4.51. The first kappa shape index (κ1) is 16.8. The van der Waals surface area contributed by atoms with Gasteiger partial charge < -0.3 is 9.47 Å². The first-order chi connectivity index (χ1) is 11.3. The van der Waals surface area contributed by atoms with Gasteiger partial charge in [0, 0.05) is 6.54 Å². The molecule has 24 heavy (non-hydrogen) atoms. The minimum absolute atomic E-state index is 0.199. The van der Waals surface area contributed by atoms with E-state index in [1.54, 1.807) is 12.1 Å². The van der Waals surface area contributed by atoms with Gasteiger partial charge in [0.2, 0.25) is 16.8 Å². The normalized spacial score (nSPS) is 13.3. The number of aryl methyl sites for hydroxylation is 2. The Labute approximate surface area is 142 Å². The maximum absolute atomic E-state index is 12.8. The largest absolute Gasteiger partial charge is 0.454 e. The number of nitrogens with one attached hydrogen (secondary N) is 1. The number of hydrogen-bond acceptors (Lipinski definition) is 4. The third-order valence-corrected chi connectivity index (χ3v) is 6.14. The molecule has 1 N–H and O–H groups in total. The van der Waals surface area contributed by atoms with Gasteiger partial charge in [-0.25, -0.2) is 13.1 Å². The molecule has 0 bridgehead atoms. The zero-order valence-electron chi connectivity index (χ0n) is 14.3. The van der Waals surface area contributed by atoms with E-state index < -0.39 is 10.0 Å². The van der Waals surface area contributed by atoms with Crippen molar-refractivity contribution in [2.24, 2.45) is 0 Å². The first-order valence-corrected chi connectivity index (χ1v) is 9.23. The summed E-state index contributed by atoms with van der Waals surface area (Å²) < 4.78 is 38.9. The maximum Gasteiger partial charge on any atom is 0.241 e. The molecule has 1 aliphatic heterocycles. The summed E-state index contributed by atoms with van der Waals surface area (Å²) in [6, 6.07) is 7.43. The van der Waals surface area contributed by atoms with Gasteiger partial charge in [-0.05, 0) is 67.6 Å². The van der Waals surface area contributed by atoms with Crippen molar-refractivity contribution in [2.75, 3.05) is 6.79 Å². The first-order valence-electron chi connectivity index (χ1n) is 7.75. The molecule has 0 spiro atoms. The highest BCUT2D eigenvalue weighted by Crippen LogP contribution is 2.32. The Morgan fingerprint density at radius 3 is 2.25 bits per heavy atom. The highest BCUT2D eigenvalue weighted by atomic mass is 32.2. The second-order valence-corrected chi connectivity index (χ2v) is 7.81. The minimum atomic E-state index is -3.60. The highest BCUT2D eigenvalue weighted by Gasteiger charge is 2.22. The predicted octanol–water partition coefficient (Wildman–Crippen LogP) is 3.13. The Kier molecular flexibility index (Phi) is 4.27. The van der Waals surface area contributed by atoms with Crippen LogP contribution in [0.1, 0.15) is 27.8 Å². The van der Waals surface area contributed by atoms with Gasteiger partial charge >= 0.3 is 0 Å². The topological polar surface area (TPSA) is 64.6 Å². The Bertz CT molecular complexity index is 877. The van der Waals surface area contributed by atoms with Crippen LogP contribution in [-0.2, 0) is 16.6 Å². The molecule has 1 aliphatic rings. The van der Waals surface area contributed by atoms with E-state index in [1.807, 2.05) is 39.8 Å². The van der Waals surface area contributed by atoms with E-state index in [2.05, 4.69) is 4.72 Å². The van der Waals surface area contributed by atoms with Gasteiger partial charge in [-0.15, -0.1) is 0 Å². The van der Waals surface area contributed by atoms with Crippen LogP contribution >= 0.6 is 0 Å². The van der Waals surface area contributed by atoms with Crippen LogP contribution in [0.15, 0.2) is 29.2 Å². The van der Waals surface area contributed by atoms with Crippen molar-refractivity contribution in [3.63, 3.8) is 0 Å². The number of sulfonamides is 1. The number of hydrogen-bond donors (Lipinski definition) is 1. The van der Waals surface area contributed by atoms with E-state index in [0.717, 1.165) is 27.8 Å². The van der Waals surface area contributed by atoms with E-state index >= 15 is 0 Å². The molecule has 1 heterocycles. The summed E-state index contributed by atoms with van der Waals surface area (Å²) >= 11 is 0. The molecule has 5 nitrogen and oxygen atoms in total. The maximum atomic E-state index is 12.8. The van der Waals surface area contributed by atoms with Crippen LogP contribution < -0.4 is 14.2 Å². The van der Waals surface area contributed by atoms with E-state index in [-0.39, 0.29) is 13.3 Å². The molecule has 0 amide bonds. The Morgan fingerprint density at radius 2 is 1.58 bits per heavy atom. The zero-order valence-corrected chi connectivity index (χ0v) is 15.1. The average Bonchev–Trinajstić information content (AvgIpc) is 2.99. The van der Waals surface area contributed by atoms with Gasteiger partial charge in [0.15, 0.2) is 11.5 Å². The molecule has 3 rings (SSSR count). The summed E-state index contributed by atoms with van der Waals surface area (Å²) in [5.74, 6) is 1.33. The van der Waals surface area contributed by atoms with E-state index in [1.165, 1.54) is 0 Å². The molecule has 2 aromatic carbocycles. The van der Waals surface area contributed by atoms with Gasteiger partial charge in [0.05, 0.1) is 4.90 Å². The van der Waals surface area contributed by atoms with Gasteiger partial charge in [-0.2, -0.15) is 0 Å². The molecule has 0 unspecified atom stereocenters. The third-order valence-electron chi connectivity index (χ3n) is 4.47. The van der Waals surface area contributed by atoms with Crippen molar-refractivity contribution < 1.29 is 17.9 Å². The lowest BCUT2D eigenvalue weighted by atomic mass is 10.0. The quantitative estimate of drug-likeness (QED) is 0.923. The van der Waals surface area contributed by atoms with Crippen molar-refractivity contribution in [2.45, 2.75) is 39.1 Å². The van der Waals surface area contributed by atoms with Crippen LogP contribution in [-0.4, -0.2) is 15.2 Å². The van der Waals surface area contributed by atoms with Crippen molar-refractivity contribution in [3.8, 4) is 11.5 Å². The molecular formula is C18H21NO4S. The molecule has 0 aliphatic carbocycles. The zero-order chi connectivity index (χ0) is 17.5. The molecule has 2 aromatic rings. The SMILES string of the molecule is Cc1cc(C)c(C)c(S(=O)(=O)NCc2ccc3c(c2)OCO3)c1C. The summed E-state index contributed by atoms with van der Waals surface area (Å²) in [7, 11) is -3.60. The lowest BCUT2D eigenvalue weighted by Crippen LogP contribution is -2.25. The van der Waals surface area contributed by atoms with Crippen LogP contribution in [0.3, 0.4) is 0 Å². The second kappa shape index (κ2) is 6.11. The van der Waals surface area contributed by atoms with E-state index in [9.17, 15) is 8.42 Å². The van der Waals surface area contributed by atoms with Crippen molar-refractivity contribution in [1.29, 1.82) is 0 Å². The third kappa shape index (κ3) is 2.99. The highest BCUT2D eigenvalue weighted by molar-refractivity contribution is 7.89. The summed E-state index contributed by atoms with van der Waals surface area (Å²) in [6.07, 6.45) is 0. The molecule has 128 valence electrons. The standard InChI is InChI=1S/C18H21NO4S/c1-11-7-12(2)14(4)18(13(11)3)24(20,21)19-9-15-5-6-16-17(8-15)23-10-22-16/h5-8,19H,9-10H2,1-4H3. The predicted molar refractivity (Wildman–Crippen MR) is 92.0 cm³/mol. The number of benzene rings is 2. The molecule has 0 saturated carbocycles. The monoisotopic (exact) mass is 347 g/mol. The van der Waals surface area contributed by atoms with Gasteiger partial charge in [0.1, 0.15) is 0 Å². The summed E-state index contributed by atoms with van der Waals surface area (Å²) in [5.41, 5.74) is 4.35. The van der Waals surface area contributed by atoms with Crippen LogP contribution in [0.25, 0.3) is 0 Å². The molecule has 0 aromatic heterocycles. The van der Waals surface area contributed by atoms with Gasteiger partial charge in [0.25, 0.3) is 0 Å². The van der Waals surface area contributed by atoms with Crippen LogP contribution in [0, 0.1) is 27.7 Å². The lowest BCUT2D eigenvalue weighted by molar-refractivity contribution is 0.174. The Hall–Kier alpha value is -2.05. The summed E-state index contributed by atoms with van der Waals surface area (Å²) in [5, 5.41) is 0. The van der Waals surface area contributed by atoms with Crippen molar-refractivity contribution in [3.05, 3.63) is 52.1 Å². The Morgan fingerprint density at radius 1 is 0.958 bits per heavy atom. The van der Waals surface area contributed by atoms with Crippen molar-refractivity contribution >= 4 is 10.0 Å². The smallest absolute Gasteiger partial charge is 0.241 e. The van der Waals surface area contributed by atoms with Crippen LogP contribution in [0.2, 0.25) is 0 Å². The molecule has 0 fully saturated rings. The number of fused-ring (bicyclic) bond motifs is 1. The fraction of sp³-hybridized carbons (Fsp3) is 0.333. The van der Waals surface area contributed by atoms with Crippen molar-refractivity contribution in [1.82, 2.24) is 4.72 Å². The second-order valence-electron chi connectivity index (χ2n) is 6.10. The number of ether oxygens (including phenoxy) is 2. The summed E-state index contributed by atoms with van der Waals surface area (Å²) in [6.45, 7) is 7.95. The average molecular weight is 347 g/mol.